The first-order valence-electron chi connectivity index (χ1n) is 5.38. The smallest absolute Gasteiger partial charge is 0.239 e. The third kappa shape index (κ3) is 3.77. The van der Waals surface area contributed by atoms with E-state index in [0.29, 0.717) is 26.3 Å². The van der Waals surface area contributed by atoms with Crippen LogP contribution in [-0.4, -0.2) is 60.9 Å². The Hall–Kier alpha value is -0.650. The first-order chi connectivity index (χ1) is 7.15. The van der Waals surface area contributed by atoms with Gasteiger partial charge >= 0.3 is 0 Å². The van der Waals surface area contributed by atoms with Crippen LogP contribution in [-0.2, 0) is 9.53 Å². The van der Waals surface area contributed by atoms with Crippen molar-refractivity contribution in [1.29, 1.82) is 0 Å². The van der Waals surface area contributed by atoms with Gasteiger partial charge in [-0.05, 0) is 13.8 Å². The number of amides is 1. The summed E-state index contributed by atoms with van der Waals surface area (Å²) in [5, 5.41) is 12.0. The zero-order valence-corrected chi connectivity index (χ0v) is 9.40. The predicted molar refractivity (Wildman–Crippen MR) is 56.5 cm³/mol. The highest BCUT2D eigenvalue weighted by Crippen LogP contribution is 2.04. The molecule has 1 unspecified atom stereocenters. The average Bonchev–Trinajstić information content (AvgIpc) is 2.19. The molecule has 0 aromatic carbocycles. The standard InChI is InChI=1S/C10H20N2O3/c1-8(2)11-10(14)9(7-13)12-3-5-15-6-4-12/h8-9,13H,3-7H2,1-2H3,(H,11,14). The van der Waals surface area contributed by atoms with E-state index in [1.54, 1.807) is 0 Å². The summed E-state index contributed by atoms with van der Waals surface area (Å²) in [6.45, 7) is 6.35. The van der Waals surface area contributed by atoms with Gasteiger partial charge in [-0.3, -0.25) is 9.69 Å². The number of carbonyl (C=O) groups excluding carboxylic acids is 1. The maximum Gasteiger partial charge on any atom is 0.239 e. The molecule has 1 aliphatic heterocycles. The van der Waals surface area contributed by atoms with Gasteiger partial charge in [-0.2, -0.15) is 0 Å². The summed E-state index contributed by atoms with van der Waals surface area (Å²) in [4.78, 5) is 13.7. The highest BCUT2D eigenvalue weighted by atomic mass is 16.5. The Balaban J connectivity index is 2.49. The molecule has 1 atom stereocenters. The topological polar surface area (TPSA) is 61.8 Å². The highest BCUT2D eigenvalue weighted by Gasteiger charge is 2.26. The second-order valence-corrected chi connectivity index (χ2v) is 4.01. The number of carbonyl (C=O) groups is 1. The molecule has 0 aromatic heterocycles. The molecule has 5 heteroatoms. The van der Waals surface area contributed by atoms with Crippen molar-refractivity contribution >= 4 is 5.91 Å². The third-order valence-electron chi connectivity index (χ3n) is 2.39. The van der Waals surface area contributed by atoms with Crippen molar-refractivity contribution in [2.24, 2.45) is 0 Å². The van der Waals surface area contributed by atoms with Crippen LogP contribution in [0.5, 0.6) is 0 Å². The van der Waals surface area contributed by atoms with E-state index >= 15 is 0 Å². The molecule has 1 rings (SSSR count). The summed E-state index contributed by atoms with van der Waals surface area (Å²) in [5.41, 5.74) is 0. The maximum absolute atomic E-state index is 11.7. The number of nitrogens with zero attached hydrogens (tertiary/aromatic N) is 1. The highest BCUT2D eigenvalue weighted by molar-refractivity contribution is 5.82. The Morgan fingerprint density at radius 1 is 1.47 bits per heavy atom. The van der Waals surface area contributed by atoms with Crippen LogP contribution in [0.3, 0.4) is 0 Å². The second-order valence-electron chi connectivity index (χ2n) is 4.01. The van der Waals surface area contributed by atoms with Gasteiger partial charge in [0.15, 0.2) is 0 Å². The van der Waals surface area contributed by atoms with Gasteiger partial charge in [0.1, 0.15) is 6.04 Å². The second kappa shape index (κ2) is 6.05. The Morgan fingerprint density at radius 2 is 2.07 bits per heavy atom. The largest absolute Gasteiger partial charge is 0.394 e. The fourth-order valence-corrected chi connectivity index (χ4v) is 1.63. The molecule has 15 heavy (non-hydrogen) atoms. The normalized spacial score (nSPS) is 20.3. The molecule has 1 aliphatic rings. The number of morpholine rings is 1. The maximum atomic E-state index is 11.7. The molecule has 0 saturated carbocycles. The van der Waals surface area contributed by atoms with Crippen molar-refractivity contribution < 1.29 is 14.6 Å². The number of hydrogen-bond donors (Lipinski definition) is 2. The number of aliphatic hydroxyl groups is 1. The first kappa shape index (κ1) is 12.4. The molecular weight excluding hydrogens is 196 g/mol. The van der Waals surface area contributed by atoms with Gasteiger partial charge < -0.3 is 15.2 Å². The summed E-state index contributed by atoms with van der Waals surface area (Å²) >= 11 is 0. The molecular formula is C10H20N2O3. The monoisotopic (exact) mass is 216 g/mol. The molecule has 0 radical (unpaired) electrons. The lowest BCUT2D eigenvalue weighted by Crippen LogP contribution is -2.53. The van der Waals surface area contributed by atoms with Crippen molar-refractivity contribution in [3.63, 3.8) is 0 Å². The van der Waals surface area contributed by atoms with Crippen LogP contribution in [0.2, 0.25) is 0 Å². The van der Waals surface area contributed by atoms with Gasteiger partial charge in [-0.15, -0.1) is 0 Å². The van der Waals surface area contributed by atoms with Crippen molar-refractivity contribution in [2.45, 2.75) is 25.9 Å². The molecule has 1 amide bonds. The lowest BCUT2D eigenvalue weighted by atomic mass is 10.2. The summed E-state index contributed by atoms with van der Waals surface area (Å²) < 4.78 is 5.20. The predicted octanol–water partition coefficient (Wildman–Crippen LogP) is -0.796. The van der Waals surface area contributed by atoms with E-state index in [1.807, 2.05) is 18.7 Å². The minimum Gasteiger partial charge on any atom is -0.394 e. The zero-order chi connectivity index (χ0) is 11.3. The van der Waals surface area contributed by atoms with E-state index in [9.17, 15) is 9.90 Å². The third-order valence-corrected chi connectivity index (χ3v) is 2.39. The van der Waals surface area contributed by atoms with Gasteiger partial charge in [-0.1, -0.05) is 0 Å². The Kier molecular flexibility index (Phi) is 5.01. The SMILES string of the molecule is CC(C)NC(=O)C(CO)N1CCOCC1. The number of nitrogens with one attached hydrogen (secondary N) is 1. The quantitative estimate of drug-likeness (QED) is 0.646. The molecule has 0 bridgehead atoms. The summed E-state index contributed by atoms with van der Waals surface area (Å²) in [7, 11) is 0. The molecule has 1 heterocycles. The van der Waals surface area contributed by atoms with Gasteiger partial charge in [-0.25, -0.2) is 0 Å². The van der Waals surface area contributed by atoms with Gasteiger partial charge in [0.25, 0.3) is 0 Å². The fraction of sp³-hybridized carbons (Fsp3) is 0.900. The lowest BCUT2D eigenvalue weighted by molar-refractivity contribution is -0.130. The summed E-state index contributed by atoms with van der Waals surface area (Å²) in [5.74, 6) is -0.102. The van der Waals surface area contributed by atoms with E-state index in [-0.39, 0.29) is 18.6 Å². The van der Waals surface area contributed by atoms with Crippen LogP contribution >= 0.6 is 0 Å². The molecule has 0 aromatic rings. The van der Waals surface area contributed by atoms with E-state index < -0.39 is 6.04 Å². The van der Waals surface area contributed by atoms with Gasteiger partial charge in [0.2, 0.25) is 5.91 Å². The molecule has 0 spiro atoms. The number of rotatable bonds is 4. The first-order valence-corrected chi connectivity index (χ1v) is 5.38. The number of aliphatic hydroxyl groups excluding tert-OH is 1. The minimum atomic E-state index is -0.434. The molecule has 5 nitrogen and oxygen atoms in total. The minimum absolute atomic E-state index is 0.102. The Labute approximate surface area is 90.4 Å². The van der Waals surface area contributed by atoms with Gasteiger partial charge in [0.05, 0.1) is 19.8 Å². The van der Waals surface area contributed by atoms with Crippen LogP contribution in [0, 0.1) is 0 Å². The van der Waals surface area contributed by atoms with Crippen molar-refractivity contribution in [2.75, 3.05) is 32.9 Å². The van der Waals surface area contributed by atoms with Crippen LogP contribution in [0.15, 0.2) is 0 Å². The van der Waals surface area contributed by atoms with Gasteiger partial charge in [0, 0.05) is 19.1 Å². The van der Waals surface area contributed by atoms with Crippen LogP contribution in [0.1, 0.15) is 13.8 Å². The van der Waals surface area contributed by atoms with Crippen LogP contribution in [0.4, 0.5) is 0 Å². The van der Waals surface area contributed by atoms with E-state index in [0.717, 1.165) is 0 Å². The van der Waals surface area contributed by atoms with Crippen molar-refractivity contribution in [3.05, 3.63) is 0 Å². The van der Waals surface area contributed by atoms with Crippen molar-refractivity contribution in [3.8, 4) is 0 Å². The molecule has 88 valence electrons. The van der Waals surface area contributed by atoms with E-state index in [4.69, 9.17) is 4.74 Å². The number of ether oxygens (including phenoxy) is 1. The van der Waals surface area contributed by atoms with Crippen LogP contribution < -0.4 is 5.32 Å². The fourth-order valence-electron chi connectivity index (χ4n) is 1.63. The summed E-state index contributed by atoms with van der Waals surface area (Å²) in [6.07, 6.45) is 0. The number of hydrogen-bond acceptors (Lipinski definition) is 4. The lowest BCUT2D eigenvalue weighted by Gasteiger charge is -2.32. The van der Waals surface area contributed by atoms with Crippen LogP contribution in [0.25, 0.3) is 0 Å². The molecule has 1 saturated heterocycles. The average molecular weight is 216 g/mol. The molecule has 0 aliphatic carbocycles. The molecule has 2 N–H and O–H groups in total. The molecule has 1 fully saturated rings. The Bertz CT molecular complexity index is 203. The van der Waals surface area contributed by atoms with Crippen molar-refractivity contribution in [1.82, 2.24) is 10.2 Å². The zero-order valence-electron chi connectivity index (χ0n) is 9.40. The Morgan fingerprint density at radius 3 is 2.53 bits per heavy atom. The van der Waals surface area contributed by atoms with E-state index in [2.05, 4.69) is 5.32 Å². The summed E-state index contributed by atoms with van der Waals surface area (Å²) in [6, 6.07) is -0.330. The van der Waals surface area contributed by atoms with E-state index in [1.165, 1.54) is 0 Å².